The molecule has 106 valence electrons. The van der Waals surface area contributed by atoms with E-state index in [1.807, 2.05) is 18.3 Å². The molecule has 0 saturated heterocycles. The van der Waals surface area contributed by atoms with Gasteiger partial charge in [0.1, 0.15) is 11.6 Å². The fraction of sp³-hybridized carbons (Fsp3) is 0.438. The smallest absolute Gasteiger partial charge is 0.136 e. The summed E-state index contributed by atoms with van der Waals surface area (Å²) in [5.41, 5.74) is 0. The van der Waals surface area contributed by atoms with E-state index >= 15 is 0 Å². The summed E-state index contributed by atoms with van der Waals surface area (Å²) >= 11 is 3.65. The summed E-state index contributed by atoms with van der Waals surface area (Å²) in [6.45, 7) is 1.06. The van der Waals surface area contributed by atoms with E-state index in [0.717, 1.165) is 29.4 Å². The van der Waals surface area contributed by atoms with Gasteiger partial charge in [-0.1, -0.05) is 22.0 Å². The maximum atomic E-state index is 5.33. The van der Waals surface area contributed by atoms with Crippen LogP contribution in [0.2, 0.25) is 0 Å². The lowest BCUT2D eigenvalue weighted by Gasteiger charge is -2.35. The van der Waals surface area contributed by atoms with Gasteiger partial charge < -0.3 is 9.64 Å². The zero-order valence-electron chi connectivity index (χ0n) is 11.8. The number of rotatable bonds is 4. The third kappa shape index (κ3) is 2.62. The van der Waals surface area contributed by atoms with E-state index in [2.05, 4.69) is 45.0 Å². The van der Waals surface area contributed by atoms with Crippen LogP contribution in [-0.4, -0.2) is 30.5 Å². The molecule has 0 unspecified atom stereocenters. The second kappa shape index (κ2) is 5.60. The largest absolute Gasteiger partial charge is 0.497 e. The number of halogens is 1. The molecule has 1 fully saturated rings. The van der Waals surface area contributed by atoms with Gasteiger partial charge in [-0.25, -0.2) is 4.98 Å². The van der Waals surface area contributed by atoms with Gasteiger partial charge in [0.05, 0.1) is 7.11 Å². The molecule has 0 radical (unpaired) electrons. The summed E-state index contributed by atoms with van der Waals surface area (Å²) in [4.78, 5) is 7.55. The van der Waals surface area contributed by atoms with E-state index < -0.39 is 0 Å². The van der Waals surface area contributed by atoms with Gasteiger partial charge in [0.15, 0.2) is 0 Å². The van der Waals surface area contributed by atoms with E-state index in [4.69, 9.17) is 4.74 Å². The number of methoxy groups -OCH3 is 1. The van der Waals surface area contributed by atoms with Crippen LogP contribution in [0.1, 0.15) is 12.8 Å². The highest BCUT2D eigenvalue weighted by atomic mass is 79.9. The van der Waals surface area contributed by atoms with Crippen LogP contribution >= 0.6 is 15.9 Å². The number of anilines is 1. The van der Waals surface area contributed by atoms with Crippen LogP contribution < -0.4 is 9.64 Å². The first kappa shape index (κ1) is 13.7. The predicted octanol–water partition coefficient (Wildman–Crippen LogP) is 3.85. The Morgan fingerprint density at radius 2 is 2.15 bits per heavy atom. The summed E-state index contributed by atoms with van der Waals surface area (Å²) in [6, 6.07) is 8.20. The highest BCUT2D eigenvalue weighted by molar-refractivity contribution is 9.09. The third-order valence-electron chi connectivity index (χ3n) is 4.02. The predicted molar refractivity (Wildman–Crippen MR) is 87.0 cm³/mol. The molecule has 4 heteroatoms. The van der Waals surface area contributed by atoms with Gasteiger partial charge in [0.25, 0.3) is 0 Å². The average molecular weight is 335 g/mol. The van der Waals surface area contributed by atoms with Gasteiger partial charge in [0.2, 0.25) is 0 Å². The van der Waals surface area contributed by atoms with Crippen molar-refractivity contribution in [2.75, 3.05) is 25.6 Å². The summed E-state index contributed by atoms with van der Waals surface area (Å²) in [5, 5.41) is 2.36. The summed E-state index contributed by atoms with van der Waals surface area (Å²) in [7, 11) is 3.83. The lowest BCUT2D eigenvalue weighted by atomic mass is 9.85. The Hall–Kier alpha value is -1.29. The molecular formula is C16H19BrN2O. The molecule has 20 heavy (non-hydrogen) atoms. The number of hydrogen-bond acceptors (Lipinski definition) is 3. The highest BCUT2D eigenvalue weighted by Crippen LogP contribution is 2.35. The molecule has 1 aliphatic carbocycles. The zero-order chi connectivity index (χ0) is 14.1. The molecule has 0 bridgehead atoms. The fourth-order valence-electron chi connectivity index (χ4n) is 2.84. The van der Waals surface area contributed by atoms with Gasteiger partial charge >= 0.3 is 0 Å². The molecule has 1 saturated carbocycles. The van der Waals surface area contributed by atoms with Crippen molar-refractivity contribution in [3.63, 3.8) is 0 Å². The van der Waals surface area contributed by atoms with Crippen molar-refractivity contribution >= 4 is 32.5 Å². The Bertz CT molecular complexity index is 610. The first-order valence-corrected chi connectivity index (χ1v) is 7.87. The quantitative estimate of drug-likeness (QED) is 0.794. The number of alkyl halides is 1. The zero-order valence-corrected chi connectivity index (χ0v) is 13.4. The van der Waals surface area contributed by atoms with Crippen LogP contribution in [0.3, 0.4) is 0 Å². The van der Waals surface area contributed by atoms with Gasteiger partial charge in [-0.3, -0.25) is 0 Å². The highest BCUT2D eigenvalue weighted by Gasteiger charge is 2.28. The molecule has 1 aromatic carbocycles. The molecule has 0 atom stereocenters. The van der Waals surface area contributed by atoms with E-state index in [-0.39, 0.29) is 0 Å². The van der Waals surface area contributed by atoms with Crippen LogP contribution in [0.4, 0.5) is 5.82 Å². The summed E-state index contributed by atoms with van der Waals surface area (Å²) < 4.78 is 5.33. The molecule has 3 nitrogen and oxygen atoms in total. The maximum Gasteiger partial charge on any atom is 0.136 e. The monoisotopic (exact) mass is 334 g/mol. The molecular weight excluding hydrogens is 316 g/mol. The van der Waals surface area contributed by atoms with Crippen LogP contribution in [0.5, 0.6) is 5.75 Å². The summed E-state index contributed by atoms with van der Waals surface area (Å²) in [6.07, 6.45) is 4.41. The van der Waals surface area contributed by atoms with Crippen LogP contribution in [0.25, 0.3) is 10.8 Å². The maximum absolute atomic E-state index is 5.33. The van der Waals surface area contributed by atoms with Gasteiger partial charge in [0, 0.05) is 30.0 Å². The second-order valence-corrected chi connectivity index (χ2v) is 6.83. The Morgan fingerprint density at radius 3 is 2.85 bits per heavy atom. The normalized spacial score (nSPS) is 21.6. The number of ether oxygens (including phenoxy) is 1. The standard InChI is InChI=1S/C16H19BrN2O/c1-19(10-11-7-13(17)8-11)16-15-9-14(20-2)4-3-12(15)5-6-18-16/h3-6,9,11,13H,7-8,10H2,1-2H3. The first-order valence-electron chi connectivity index (χ1n) is 6.95. The number of nitrogens with zero attached hydrogens (tertiary/aromatic N) is 2. The number of aromatic nitrogens is 1. The number of hydrogen-bond donors (Lipinski definition) is 0. The molecule has 0 amide bonds. The lowest BCUT2D eigenvalue weighted by molar-refractivity contribution is 0.339. The molecule has 3 rings (SSSR count). The SMILES string of the molecule is COc1ccc2ccnc(N(C)CC3CC(Br)C3)c2c1. The van der Waals surface area contributed by atoms with Gasteiger partial charge in [-0.15, -0.1) is 0 Å². The Labute approximate surface area is 128 Å². The fourth-order valence-corrected chi connectivity index (χ4v) is 3.90. The Kier molecular flexibility index (Phi) is 3.83. The topological polar surface area (TPSA) is 25.4 Å². The van der Waals surface area contributed by atoms with Crippen molar-refractivity contribution in [2.45, 2.75) is 17.7 Å². The number of fused-ring (bicyclic) bond motifs is 1. The van der Waals surface area contributed by atoms with Crippen LogP contribution in [-0.2, 0) is 0 Å². The van der Waals surface area contributed by atoms with Crippen LogP contribution in [0.15, 0.2) is 30.5 Å². The average Bonchev–Trinajstić information content (AvgIpc) is 2.44. The van der Waals surface area contributed by atoms with Gasteiger partial charge in [-0.05, 0) is 42.3 Å². The minimum Gasteiger partial charge on any atom is -0.497 e. The number of pyridine rings is 1. The summed E-state index contributed by atoms with van der Waals surface area (Å²) in [5.74, 6) is 2.69. The number of benzene rings is 1. The van der Waals surface area contributed by atoms with E-state index in [0.29, 0.717) is 4.83 Å². The van der Waals surface area contributed by atoms with Crippen molar-refractivity contribution in [3.05, 3.63) is 30.5 Å². The molecule has 0 aliphatic heterocycles. The minimum absolute atomic E-state index is 0.710. The second-order valence-electron chi connectivity index (χ2n) is 5.54. The lowest BCUT2D eigenvalue weighted by Crippen LogP contribution is -2.35. The Morgan fingerprint density at radius 1 is 1.35 bits per heavy atom. The van der Waals surface area contributed by atoms with Crippen molar-refractivity contribution < 1.29 is 4.74 Å². The van der Waals surface area contributed by atoms with E-state index in [1.54, 1.807) is 7.11 Å². The molecule has 0 N–H and O–H groups in total. The van der Waals surface area contributed by atoms with E-state index in [9.17, 15) is 0 Å². The molecule has 1 aromatic heterocycles. The van der Waals surface area contributed by atoms with Gasteiger partial charge in [-0.2, -0.15) is 0 Å². The minimum atomic E-state index is 0.710. The molecule has 1 heterocycles. The first-order chi connectivity index (χ1) is 9.67. The van der Waals surface area contributed by atoms with Crippen molar-refractivity contribution in [1.29, 1.82) is 0 Å². The van der Waals surface area contributed by atoms with Crippen LogP contribution in [0, 0.1) is 5.92 Å². The van der Waals surface area contributed by atoms with Crippen molar-refractivity contribution in [1.82, 2.24) is 4.98 Å². The Balaban J connectivity index is 1.89. The molecule has 1 aliphatic rings. The molecule has 0 spiro atoms. The molecule has 2 aromatic rings. The third-order valence-corrected chi connectivity index (χ3v) is 4.77. The van der Waals surface area contributed by atoms with Crippen molar-refractivity contribution in [3.8, 4) is 5.75 Å². The van der Waals surface area contributed by atoms with Crippen molar-refractivity contribution in [2.24, 2.45) is 5.92 Å². The van der Waals surface area contributed by atoms with E-state index in [1.165, 1.54) is 18.2 Å².